The summed E-state index contributed by atoms with van der Waals surface area (Å²) in [5, 5.41) is 5.70. The molecule has 0 bridgehead atoms. The van der Waals surface area contributed by atoms with Gasteiger partial charge in [-0.25, -0.2) is 8.42 Å². The zero-order valence-corrected chi connectivity index (χ0v) is 18.4. The van der Waals surface area contributed by atoms with Crippen LogP contribution < -0.4 is 5.32 Å². The summed E-state index contributed by atoms with van der Waals surface area (Å²) >= 11 is 1.83. The highest BCUT2D eigenvalue weighted by molar-refractivity contribution is 7.92. The van der Waals surface area contributed by atoms with Gasteiger partial charge in [-0.2, -0.15) is 0 Å². The molecule has 1 aromatic heterocycles. The number of aliphatic imine (C=N–C) groups is 1. The Morgan fingerprint density at radius 2 is 2.19 bits per heavy atom. The van der Waals surface area contributed by atoms with Crippen molar-refractivity contribution < 1.29 is 8.42 Å². The van der Waals surface area contributed by atoms with E-state index in [1.807, 2.05) is 25.2 Å². The lowest BCUT2D eigenvalue weighted by molar-refractivity contribution is 0.124. The van der Waals surface area contributed by atoms with Crippen LogP contribution in [0.3, 0.4) is 0 Å². The van der Waals surface area contributed by atoms with Gasteiger partial charge in [-0.05, 0) is 57.6 Å². The van der Waals surface area contributed by atoms with Crippen molar-refractivity contribution in [3.8, 4) is 0 Å². The predicted octanol–water partition coefficient (Wildman–Crippen LogP) is 2.22. The van der Waals surface area contributed by atoms with E-state index in [9.17, 15) is 8.42 Å². The molecule has 152 valence electrons. The zero-order chi connectivity index (χ0) is 19.7. The van der Waals surface area contributed by atoms with Crippen LogP contribution in [0.4, 0.5) is 0 Å². The minimum Gasteiger partial charge on any atom is -0.356 e. The molecule has 2 unspecified atom stereocenters. The lowest BCUT2D eigenvalue weighted by Crippen LogP contribution is -2.57. The number of nitrogens with one attached hydrogen (secondary N) is 1. The highest BCUT2D eigenvalue weighted by atomic mass is 32.2. The molecule has 1 N–H and O–H groups in total. The van der Waals surface area contributed by atoms with Crippen LogP contribution in [0.2, 0.25) is 0 Å². The first kappa shape index (κ1) is 20.6. The molecule has 6 nitrogen and oxygen atoms in total. The van der Waals surface area contributed by atoms with Gasteiger partial charge in [-0.1, -0.05) is 6.07 Å². The van der Waals surface area contributed by atoms with Gasteiger partial charge in [0.2, 0.25) is 0 Å². The van der Waals surface area contributed by atoms with Crippen LogP contribution in [0.25, 0.3) is 0 Å². The summed E-state index contributed by atoms with van der Waals surface area (Å²) < 4.78 is 23.8. The van der Waals surface area contributed by atoms with Crippen molar-refractivity contribution in [3.05, 3.63) is 22.4 Å². The Hall–Kier alpha value is -1.12. The Balaban J connectivity index is 1.67. The SMILES string of the molecule is CN=C(NCC1CCCN(C)C1c1cccs1)N1CCS(=O)(=O)C(C)(C)C1. The molecule has 27 heavy (non-hydrogen) atoms. The Labute approximate surface area is 167 Å². The quantitative estimate of drug-likeness (QED) is 0.609. The normalized spacial score (nSPS) is 28.9. The van der Waals surface area contributed by atoms with Crippen LogP contribution >= 0.6 is 11.3 Å². The predicted molar refractivity (Wildman–Crippen MR) is 113 cm³/mol. The largest absolute Gasteiger partial charge is 0.356 e. The van der Waals surface area contributed by atoms with Crippen molar-refractivity contribution >= 4 is 27.1 Å². The van der Waals surface area contributed by atoms with Crippen molar-refractivity contribution in [2.75, 3.05) is 46.0 Å². The van der Waals surface area contributed by atoms with Crippen molar-refractivity contribution in [1.29, 1.82) is 0 Å². The number of likely N-dealkylation sites (tertiary alicyclic amines) is 1. The summed E-state index contributed by atoms with van der Waals surface area (Å²) in [6.07, 6.45) is 2.40. The summed E-state index contributed by atoms with van der Waals surface area (Å²) in [4.78, 5) is 10.4. The number of rotatable bonds is 3. The van der Waals surface area contributed by atoms with E-state index < -0.39 is 14.6 Å². The third-order valence-corrected chi connectivity index (χ3v) is 9.39. The van der Waals surface area contributed by atoms with E-state index in [0.29, 0.717) is 25.0 Å². The van der Waals surface area contributed by atoms with Crippen LogP contribution in [-0.4, -0.2) is 75.0 Å². The minimum atomic E-state index is -3.05. The fourth-order valence-electron chi connectivity index (χ4n) is 4.26. The second-order valence-corrected chi connectivity index (χ2v) is 12.0. The highest BCUT2D eigenvalue weighted by Gasteiger charge is 2.41. The second-order valence-electron chi connectivity index (χ2n) is 8.27. The van der Waals surface area contributed by atoms with Crippen molar-refractivity contribution in [1.82, 2.24) is 15.1 Å². The van der Waals surface area contributed by atoms with E-state index in [1.54, 1.807) is 7.05 Å². The average molecular weight is 413 g/mol. The number of piperidine rings is 1. The first-order valence-electron chi connectivity index (χ1n) is 9.67. The first-order chi connectivity index (χ1) is 12.7. The number of hydrogen-bond donors (Lipinski definition) is 1. The van der Waals surface area contributed by atoms with Gasteiger partial charge in [0.1, 0.15) is 0 Å². The van der Waals surface area contributed by atoms with Crippen LogP contribution in [0.15, 0.2) is 22.5 Å². The Morgan fingerprint density at radius 3 is 2.81 bits per heavy atom. The molecule has 2 fully saturated rings. The number of hydrogen-bond acceptors (Lipinski definition) is 5. The third-order valence-electron chi connectivity index (χ3n) is 5.92. The summed E-state index contributed by atoms with van der Waals surface area (Å²) in [6.45, 7) is 6.59. The monoisotopic (exact) mass is 412 g/mol. The molecule has 2 saturated heterocycles. The molecule has 0 saturated carbocycles. The van der Waals surface area contributed by atoms with E-state index >= 15 is 0 Å². The molecule has 1 aromatic rings. The Bertz CT molecular complexity index is 759. The number of sulfone groups is 1. The van der Waals surface area contributed by atoms with Gasteiger partial charge in [0, 0.05) is 37.6 Å². The van der Waals surface area contributed by atoms with E-state index in [1.165, 1.54) is 17.7 Å². The summed E-state index contributed by atoms with van der Waals surface area (Å²) in [6, 6.07) is 4.79. The van der Waals surface area contributed by atoms with Gasteiger partial charge in [-0.15, -0.1) is 11.3 Å². The van der Waals surface area contributed by atoms with Gasteiger partial charge < -0.3 is 10.2 Å². The lowest BCUT2D eigenvalue weighted by Gasteiger charge is -2.41. The molecular formula is C19H32N4O2S2. The number of thiophene rings is 1. The van der Waals surface area contributed by atoms with Crippen LogP contribution in [0, 0.1) is 5.92 Å². The Kier molecular flexibility index (Phi) is 6.17. The molecule has 3 rings (SSSR count). The fraction of sp³-hybridized carbons (Fsp3) is 0.737. The maximum Gasteiger partial charge on any atom is 0.193 e. The van der Waals surface area contributed by atoms with E-state index in [4.69, 9.17) is 0 Å². The third kappa shape index (κ3) is 4.32. The topological polar surface area (TPSA) is 65.0 Å². The van der Waals surface area contributed by atoms with Gasteiger partial charge >= 0.3 is 0 Å². The summed E-state index contributed by atoms with van der Waals surface area (Å²) in [7, 11) is 0.945. The van der Waals surface area contributed by atoms with Gasteiger partial charge in [0.25, 0.3) is 0 Å². The maximum absolute atomic E-state index is 12.3. The standard InChI is InChI=1S/C19H32N4O2S2/c1-19(2)14-23(10-12-27(19,24)25)18(20-3)21-13-15-7-5-9-22(4)17(15)16-8-6-11-26-16/h6,8,11,15,17H,5,7,9-10,12-14H2,1-4H3,(H,20,21). The molecule has 0 aliphatic carbocycles. The number of guanidine groups is 1. The molecule has 0 spiro atoms. The van der Waals surface area contributed by atoms with Gasteiger partial charge in [0.15, 0.2) is 15.8 Å². The maximum atomic E-state index is 12.3. The molecule has 0 radical (unpaired) electrons. The first-order valence-corrected chi connectivity index (χ1v) is 12.2. The molecule has 2 aliphatic heterocycles. The average Bonchev–Trinajstić information content (AvgIpc) is 3.12. The van der Waals surface area contributed by atoms with E-state index in [-0.39, 0.29) is 5.75 Å². The van der Waals surface area contributed by atoms with Crippen LogP contribution in [0.1, 0.15) is 37.6 Å². The van der Waals surface area contributed by atoms with Gasteiger partial charge in [0.05, 0.1) is 10.5 Å². The van der Waals surface area contributed by atoms with Crippen molar-refractivity contribution in [2.24, 2.45) is 10.9 Å². The molecule has 8 heteroatoms. The summed E-state index contributed by atoms with van der Waals surface area (Å²) in [5.41, 5.74) is 0. The van der Waals surface area contributed by atoms with Crippen molar-refractivity contribution in [3.63, 3.8) is 0 Å². The van der Waals surface area contributed by atoms with Crippen molar-refractivity contribution in [2.45, 2.75) is 37.5 Å². The lowest BCUT2D eigenvalue weighted by atomic mass is 9.88. The zero-order valence-electron chi connectivity index (χ0n) is 16.8. The fourth-order valence-corrected chi connectivity index (χ4v) is 6.61. The minimum absolute atomic E-state index is 0.185. The molecule has 2 atom stereocenters. The smallest absolute Gasteiger partial charge is 0.193 e. The van der Waals surface area contributed by atoms with E-state index in [0.717, 1.165) is 19.0 Å². The molecule has 0 amide bonds. The van der Waals surface area contributed by atoms with E-state index in [2.05, 4.69) is 44.7 Å². The van der Waals surface area contributed by atoms with Crippen LogP contribution in [0.5, 0.6) is 0 Å². The number of nitrogens with zero attached hydrogens (tertiary/aromatic N) is 3. The Morgan fingerprint density at radius 1 is 1.41 bits per heavy atom. The van der Waals surface area contributed by atoms with Gasteiger partial charge in [-0.3, -0.25) is 9.89 Å². The second kappa shape index (κ2) is 8.09. The molecule has 3 heterocycles. The summed E-state index contributed by atoms with van der Waals surface area (Å²) in [5.74, 6) is 1.52. The molecule has 2 aliphatic rings. The highest BCUT2D eigenvalue weighted by Crippen LogP contribution is 2.36. The van der Waals surface area contributed by atoms with Crippen LogP contribution in [-0.2, 0) is 9.84 Å². The molecular weight excluding hydrogens is 380 g/mol. The molecule has 0 aromatic carbocycles.